The van der Waals surface area contributed by atoms with Crippen molar-refractivity contribution in [3.8, 4) is 17.0 Å². The van der Waals surface area contributed by atoms with E-state index in [4.69, 9.17) is 20.2 Å². The number of hydrogen-bond acceptors (Lipinski definition) is 5. The van der Waals surface area contributed by atoms with Gasteiger partial charge in [-0.3, -0.25) is 4.79 Å². The van der Waals surface area contributed by atoms with Crippen molar-refractivity contribution >= 4 is 12.0 Å². The lowest BCUT2D eigenvalue weighted by Crippen LogP contribution is -2.45. The summed E-state index contributed by atoms with van der Waals surface area (Å²) in [5.41, 5.74) is 9.02. The van der Waals surface area contributed by atoms with Gasteiger partial charge in [-0.15, -0.1) is 0 Å². The number of alkyl halides is 3. The zero-order chi connectivity index (χ0) is 24.2. The predicted molar refractivity (Wildman–Crippen MR) is 115 cm³/mol. The second kappa shape index (κ2) is 10.1. The molecule has 2 N–H and O–H groups in total. The first-order valence-corrected chi connectivity index (χ1v) is 10.6. The molecule has 2 aromatic rings. The molecule has 1 saturated heterocycles. The molecule has 0 unspecified atom stereocenters. The summed E-state index contributed by atoms with van der Waals surface area (Å²) in [5.74, 6) is -1.52. The van der Waals surface area contributed by atoms with Crippen molar-refractivity contribution in [3.05, 3.63) is 47.2 Å². The monoisotopic (exact) mass is 465 g/mol. The van der Waals surface area contributed by atoms with E-state index in [0.717, 1.165) is 27.3 Å². The summed E-state index contributed by atoms with van der Waals surface area (Å²) in [6.45, 7) is 2.00. The van der Waals surface area contributed by atoms with Gasteiger partial charge in [0.05, 0.1) is 12.8 Å². The molecule has 0 bridgehead atoms. The number of likely N-dealkylation sites (tertiary alicyclic amines) is 1. The van der Waals surface area contributed by atoms with Gasteiger partial charge >= 0.3 is 18.2 Å². The molecule has 0 saturated carbocycles. The molecule has 2 heterocycles. The van der Waals surface area contributed by atoms with Crippen LogP contribution in [0.3, 0.4) is 0 Å². The van der Waals surface area contributed by atoms with Crippen LogP contribution in [0.25, 0.3) is 11.1 Å². The third kappa shape index (κ3) is 5.55. The largest absolute Gasteiger partial charge is 0.481 e. The fourth-order valence-electron chi connectivity index (χ4n) is 4.13. The van der Waals surface area contributed by atoms with Gasteiger partial charge in [-0.2, -0.15) is 13.2 Å². The number of rotatable bonds is 6. The number of amides is 2. The van der Waals surface area contributed by atoms with E-state index >= 15 is 0 Å². The highest BCUT2D eigenvalue weighted by Crippen LogP contribution is 2.38. The summed E-state index contributed by atoms with van der Waals surface area (Å²) >= 11 is 0. The molecule has 1 aromatic carbocycles. The van der Waals surface area contributed by atoms with Gasteiger partial charge in [0, 0.05) is 24.6 Å². The molecule has 3 rings (SSSR count). The summed E-state index contributed by atoms with van der Waals surface area (Å²) in [6.07, 6.45) is -4.33. The van der Waals surface area contributed by atoms with Crippen molar-refractivity contribution in [2.75, 3.05) is 20.2 Å². The summed E-state index contributed by atoms with van der Waals surface area (Å²) in [5, 5.41) is 0. The molecule has 0 aliphatic carbocycles. The molecular formula is C23H26F3N3O4. The van der Waals surface area contributed by atoms with Crippen molar-refractivity contribution in [2.45, 2.75) is 44.9 Å². The lowest BCUT2D eigenvalue weighted by Gasteiger charge is -2.33. The molecule has 0 spiro atoms. The highest BCUT2D eigenvalue weighted by atomic mass is 19.4. The van der Waals surface area contributed by atoms with Gasteiger partial charge < -0.3 is 20.1 Å². The molecule has 7 nitrogen and oxygen atoms in total. The highest BCUT2D eigenvalue weighted by molar-refractivity contribution is 5.82. The Labute approximate surface area is 189 Å². The van der Waals surface area contributed by atoms with E-state index in [1.54, 1.807) is 0 Å². The maximum absolute atomic E-state index is 12.8. The SMILES string of the molecule is CCc1cc(-c2ccccc2COC(N)=O)c(OC)nc1C1CCN(C(=O)C(F)(F)F)CC1. The second-order valence-corrected chi connectivity index (χ2v) is 7.77. The molecule has 1 aliphatic heterocycles. The number of ether oxygens (including phenoxy) is 2. The molecule has 178 valence electrons. The van der Waals surface area contributed by atoms with Crippen LogP contribution in [0.4, 0.5) is 18.0 Å². The number of halogens is 3. The Kier molecular flexibility index (Phi) is 7.45. The molecular weight excluding hydrogens is 439 g/mol. The summed E-state index contributed by atoms with van der Waals surface area (Å²) in [7, 11) is 1.49. The van der Waals surface area contributed by atoms with Gasteiger partial charge in [0.1, 0.15) is 6.61 Å². The first kappa shape index (κ1) is 24.3. The van der Waals surface area contributed by atoms with Crippen molar-refractivity contribution in [1.82, 2.24) is 9.88 Å². The smallest absolute Gasteiger partial charge is 0.471 e. The van der Waals surface area contributed by atoms with E-state index in [0.29, 0.717) is 30.7 Å². The normalized spacial score (nSPS) is 14.8. The van der Waals surface area contributed by atoms with E-state index in [1.165, 1.54) is 7.11 Å². The summed E-state index contributed by atoms with van der Waals surface area (Å²) in [4.78, 5) is 28.2. The number of piperidine rings is 1. The fraction of sp³-hybridized carbons (Fsp3) is 0.435. The number of pyridine rings is 1. The maximum atomic E-state index is 12.8. The highest BCUT2D eigenvalue weighted by Gasteiger charge is 2.43. The van der Waals surface area contributed by atoms with Crippen LogP contribution < -0.4 is 10.5 Å². The Morgan fingerprint density at radius 3 is 2.39 bits per heavy atom. The van der Waals surface area contributed by atoms with Crippen LogP contribution in [-0.4, -0.2) is 48.3 Å². The molecule has 1 aliphatic rings. The second-order valence-electron chi connectivity index (χ2n) is 7.77. The van der Waals surface area contributed by atoms with Gasteiger partial charge in [0.15, 0.2) is 0 Å². The number of nitrogens with zero attached hydrogens (tertiary/aromatic N) is 2. The number of benzene rings is 1. The number of carbonyl (C=O) groups is 2. The lowest BCUT2D eigenvalue weighted by molar-refractivity contribution is -0.186. The van der Waals surface area contributed by atoms with Gasteiger partial charge in [0.25, 0.3) is 0 Å². The summed E-state index contributed by atoms with van der Waals surface area (Å²) < 4.78 is 48.8. The van der Waals surface area contributed by atoms with Gasteiger partial charge in [-0.05, 0) is 42.0 Å². The minimum Gasteiger partial charge on any atom is -0.481 e. The van der Waals surface area contributed by atoms with Crippen LogP contribution in [0.5, 0.6) is 5.88 Å². The average Bonchev–Trinajstić information content (AvgIpc) is 2.81. The van der Waals surface area contributed by atoms with Gasteiger partial charge in [-0.25, -0.2) is 9.78 Å². The Bertz CT molecular complexity index is 1020. The molecule has 1 aromatic heterocycles. The molecule has 0 atom stereocenters. The Hall–Kier alpha value is -3.30. The minimum absolute atomic E-state index is 0.0104. The lowest BCUT2D eigenvalue weighted by atomic mass is 9.88. The van der Waals surface area contributed by atoms with E-state index in [1.807, 2.05) is 37.3 Å². The third-order valence-electron chi connectivity index (χ3n) is 5.76. The van der Waals surface area contributed by atoms with Crippen molar-refractivity contribution in [2.24, 2.45) is 5.73 Å². The number of carbonyl (C=O) groups excluding carboxylic acids is 2. The molecule has 10 heteroatoms. The van der Waals surface area contributed by atoms with Gasteiger partial charge in [0.2, 0.25) is 5.88 Å². The standard InChI is InChI=1S/C23H26F3N3O4/c1-3-14-12-18(17-7-5-4-6-16(17)13-33-22(27)31)20(32-2)28-19(14)15-8-10-29(11-9-15)21(30)23(24,25)26/h4-7,12,15H,3,8-11,13H2,1-2H3,(H2,27,31). The number of methoxy groups -OCH3 is 1. The first-order valence-electron chi connectivity index (χ1n) is 10.6. The quantitative estimate of drug-likeness (QED) is 0.691. The third-order valence-corrected chi connectivity index (χ3v) is 5.76. The predicted octanol–water partition coefficient (Wildman–Crippen LogP) is 4.18. The molecule has 33 heavy (non-hydrogen) atoms. The van der Waals surface area contributed by atoms with Crippen molar-refractivity contribution in [1.29, 1.82) is 0 Å². The van der Waals surface area contributed by atoms with Crippen LogP contribution >= 0.6 is 0 Å². The Morgan fingerprint density at radius 2 is 1.82 bits per heavy atom. The number of hydrogen-bond donors (Lipinski definition) is 1. The average molecular weight is 465 g/mol. The van der Waals surface area contributed by atoms with Crippen LogP contribution in [0.1, 0.15) is 42.5 Å². The topological polar surface area (TPSA) is 94.8 Å². The van der Waals surface area contributed by atoms with Crippen LogP contribution in [0, 0.1) is 0 Å². The van der Waals surface area contributed by atoms with Crippen LogP contribution in [-0.2, 0) is 22.6 Å². The summed E-state index contributed by atoms with van der Waals surface area (Å²) in [6, 6.07) is 9.28. The zero-order valence-electron chi connectivity index (χ0n) is 18.4. The molecule has 0 radical (unpaired) electrons. The van der Waals surface area contributed by atoms with E-state index in [2.05, 4.69) is 0 Å². The maximum Gasteiger partial charge on any atom is 0.471 e. The van der Waals surface area contributed by atoms with Crippen molar-refractivity contribution in [3.63, 3.8) is 0 Å². The fourth-order valence-corrected chi connectivity index (χ4v) is 4.13. The van der Waals surface area contributed by atoms with E-state index < -0.39 is 18.2 Å². The number of aryl methyl sites for hydroxylation is 1. The van der Waals surface area contributed by atoms with Gasteiger partial charge in [-0.1, -0.05) is 31.2 Å². The van der Waals surface area contributed by atoms with E-state index in [-0.39, 0.29) is 25.6 Å². The van der Waals surface area contributed by atoms with Crippen LogP contribution in [0.2, 0.25) is 0 Å². The number of aromatic nitrogens is 1. The first-order chi connectivity index (χ1) is 15.7. The number of nitrogens with two attached hydrogens (primary N) is 1. The molecule has 1 fully saturated rings. The zero-order valence-corrected chi connectivity index (χ0v) is 18.4. The van der Waals surface area contributed by atoms with Crippen LogP contribution in [0.15, 0.2) is 30.3 Å². The van der Waals surface area contributed by atoms with Crippen molar-refractivity contribution < 1.29 is 32.2 Å². The Morgan fingerprint density at radius 1 is 1.15 bits per heavy atom. The molecule has 2 amide bonds. The number of primary amides is 1. The van der Waals surface area contributed by atoms with E-state index in [9.17, 15) is 22.8 Å². The minimum atomic E-state index is -4.86. The Balaban J connectivity index is 1.91.